The lowest BCUT2D eigenvalue weighted by atomic mass is 10.3. The van der Waals surface area contributed by atoms with Crippen molar-refractivity contribution in [3.8, 4) is 5.75 Å². The second kappa shape index (κ2) is 8.20. The first-order valence-electron chi connectivity index (χ1n) is 5.65. The molecular formula is C12H15ClN2O4. The molecule has 0 spiro atoms. The van der Waals surface area contributed by atoms with Gasteiger partial charge in [-0.1, -0.05) is 6.07 Å². The fourth-order valence-electron chi connectivity index (χ4n) is 1.17. The number of rotatable bonds is 5. The van der Waals surface area contributed by atoms with Gasteiger partial charge in [-0.2, -0.15) is 0 Å². The van der Waals surface area contributed by atoms with Gasteiger partial charge in [0, 0.05) is 24.7 Å². The number of hydrogen-bond donors (Lipinski definition) is 2. The Hall–Kier alpha value is -1.95. The van der Waals surface area contributed by atoms with E-state index in [4.69, 9.17) is 21.1 Å². The molecule has 0 heterocycles. The third-order valence-electron chi connectivity index (χ3n) is 2.01. The molecule has 2 amide bonds. The van der Waals surface area contributed by atoms with Crippen LogP contribution < -0.4 is 15.4 Å². The minimum atomic E-state index is -0.582. The van der Waals surface area contributed by atoms with E-state index in [0.29, 0.717) is 23.7 Å². The number of amides is 2. The number of alkyl halides is 1. The quantitative estimate of drug-likeness (QED) is 0.644. The highest BCUT2D eigenvalue weighted by atomic mass is 35.5. The average Bonchev–Trinajstić information content (AvgIpc) is 2.39. The van der Waals surface area contributed by atoms with Gasteiger partial charge in [0.1, 0.15) is 5.75 Å². The molecule has 0 unspecified atom stereocenters. The third kappa shape index (κ3) is 5.96. The zero-order chi connectivity index (χ0) is 14.1. The second-order valence-electron chi connectivity index (χ2n) is 3.47. The molecular weight excluding hydrogens is 272 g/mol. The molecule has 0 saturated heterocycles. The molecule has 0 aliphatic heterocycles. The van der Waals surface area contributed by atoms with Crippen LogP contribution in [0.25, 0.3) is 0 Å². The summed E-state index contributed by atoms with van der Waals surface area (Å²) >= 11 is 5.46. The number of halogens is 1. The maximum atomic E-state index is 11.4. The number of benzene rings is 1. The Balaban J connectivity index is 2.52. The molecule has 1 rings (SSSR count). The van der Waals surface area contributed by atoms with Crippen LogP contribution in [0.5, 0.6) is 5.75 Å². The number of nitrogens with one attached hydrogen (secondary N) is 2. The Morgan fingerprint density at radius 3 is 2.79 bits per heavy atom. The smallest absolute Gasteiger partial charge is 0.412 e. The highest BCUT2D eigenvalue weighted by Gasteiger charge is 2.05. The molecule has 1 aromatic rings. The lowest BCUT2D eigenvalue weighted by molar-refractivity contribution is 0.162. The lowest BCUT2D eigenvalue weighted by Crippen LogP contribution is -2.22. The number of hydrogen-bond acceptors (Lipinski definition) is 4. The van der Waals surface area contributed by atoms with Crippen molar-refractivity contribution in [1.82, 2.24) is 5.32 Å². The van der Waals surface area contributed by atoms with Gasteiger partial charge in [-0.15, -0.1) is 11.6 Å². The van der Waals surface area contributed by atoms with Crippen molar-refractivity contribution in [1.29, 1.82) is 0 Å². The summed E-state index contributed by atoms with van der Waals surface area (Å²) in [4.78, 5) is 22.4. The van der Waals surface area contributed by atoms with Crippen LogP contribution in [0.2, 0.25) is 0 Å². The van der Waals surface area contributed by atoms with Crippen molar-refractivity contribution in [2.45, 2.75) is 6.42 Å². The molecule has 0 atom stereocenters. The minimum absolute atomic E-state index is 0.254. The maximum Gasteiger partial charge on any atom is 0.412 e. The van der Waals surface area contributed by atoms with Crippen molar-refractivity contribution < 1.29 is 19.1 Å². The monoisotopic (exact) mass is 286 g/mol. The van der Waals surface area contributed by atoms with E-state index in [1.165, 1.54) is 13.1 Å². The van der Waals surface area contributed by atoms with Crippen LogP contribution in [0.4, 0.5) is 15.3 Å². The third-order valence-corrected chi connectivity index (χ3v) is 2.27. The second-order valence-corrected chi connectivity index (χ2v) is 3.85. The summed E-state index contributed by atoms with van der Waals surface area (Å²) in [6, 6.07) is 6.41. The van der Waals surface area contributed by atoms with Gasteiger partial charge in [-0.05, 0) is 18.6 Å². The van der Waals surface area contributed by atoms with Crippen LogP contribution >= 0.6 is 11.6 Å². The first-order chi connectivity index (χ1) is 9.15. The maximum absolute atomic E-state index is 11.4. The van der Waals surface area contributed by atoms with E-state index in [0.717, 1.165) is 0 Å². The highest BCUT2D eigenvalue weighted by Crippen LogP contribution is 2.17. The highest BCUT2D eigenvalue weighted by molar-refractivity contribution is 6.17. The molecule has 19 heavy (non-hydrogen) atoms. The Morgan fingerprint density at radius 1 is 1.32 bits per heavy atom. The van der Waals surface area contributed by atoms with E-state index < -0.39 is 12.2 Å². The molecule has 6 nitrogen and oxygen atoms in total. The molecule has 0 aromatic heterocycles. The van der Waals surface area contributed by atoms with Crippen molar-refractivity contribution in [3.63, 3.8) is 0 Å². The average molecular weight is 287 g/mol. The van der Waals surface area contributed by atoms with Gasteiger partial charge in [-0.25, -0.2) is 9.59 Å². The molecule has 2 N–H and O–H groups in total. The van der Waals surface area contributed by atoms with E-state index in [2.05, 4.69) is 10.6 Å². The summed E-state index contributed by atoms with van der Waals surface area (Å²) in [7, 11) is 1.46. The Labute approximate surface area is 116 Å². The van der Waals surface area contributed by atoms with Crippen LogP contribution in [-0.4, -0.2) is 31.7 Å². The number of ether oxygens (including phenoxy) is 2. The molecule has 0 fully saturated rings. The standard InChI is InChI=1S/C12H15ClN2O4/c1-14-11(16)19-10-5-2-4-9(8-10)15-12(17)18-7-3-6-13/h2,4-5,8H,3,6-7H2,1H3,(H,14,16)(H,15,17). The molecule has 7 heteroatoms. The van der Waals surface area contributed by atoms with Crippen LogP contribution in [0.15, 0.2) is 24.3 Å². The summed E-state index contributed by atoms with van der Waals surface area (Å²) in [6.07, 6.45) is -0.571. The molecule has 0 radical (unpaired) electrons. The Kier molecular flexibility index (Phi) is 6.52. The Morgan fingerprint density at radius 2 is 2.11 bits per heavy atom. The number of carbonyl (C=O) groups is 2. The van der Waals surface area contributed by atoms with Crippen molar-refractivity contribution in [3.05, 3.63) is 24.3 Å². The number of carbonyl (C=O) groups excluding carboxylic acids is 2. The van der Waals surface area contributed by atoms with Gasteiger partial charge in [0.05, 0.1) is 6.61 Å². The summed E-state index contributed by atoms with van der Waals surface area (Å²) in [5.74, 6) is 0.751. The fourth-order valence-corrected chi connectivity index (χ4v) is 1.28. The first-order valence-corrected chi connectivity index (χ1v) is 6.18. The van der Waals surface area contributed by atoms with E-state index in [1.54, 1.807) is 18.2 Å². The predicted molar refractivity (Wildman–Crippen MR) is 71.8 cm³/mol. The van der Waals surface area contributed by atoms with Crippen LogP contribution in [0.3, 0.4) is 0 Å². The van der Waals surface area contributed by atoms with Gasteiger partial charge in [-0.3, -0.25) is 5.32 Å². The normalized spacial score (nSPS) is 9.58. The zero-order valence-corrected chi connectivity index (χ0v) is 11.2. The first kappa shape index (κ1) is 15.1. The summed E-state index contributed by atoms with van der Waals surface area (Å²) in [5.41, 5.74) is 0.470. The Bertz CT molecular complexity index is 439. The summed E-state index contributed by atoms with van der Waals surface area (Å²) < 4.78 is 9.80. The van der Waals surface area contributed by atoms with E-state index in [1.807, 2.05) is 0 Å². The summed E-state index contributed by atoms with van der Waals surface area (Å²) in [5, 5.41) is 4.84. The topological polar surface area (TPSA) is 76.7 Å². The van der Waals surface area contributed by atoms with Gasteiger partial charge in [0.25, 0.3) is 0 Å². The van der Waals surface area contributed by atoms with E-state index in [-0.39, 0.29) is 6.61 Å². The largest absolute Gasteiger partial charge is 0.449 e. The summed E-state index contributed by atoms with van der Waals surface area (Å²) in [6.45, 7) is 0.254. The minimum Gasteiger partial charge on any atom is -0.449 e. The van der Waals surface area contributed by atoms with Crippen molar-refractivity contribution >= 4 is 29.5 Å². The molecule has 0 bridgehead atoms. The van der Waals surface area contributed by atoms with Gasteiger partial charge in [0.15, 0.2) is 0 Å². The number of anilines is 1. The van der Waals surface area contributed by atoms with Crippen molar-refractivity contribution in [2.75, 3.05) is 24.9 Å². The SMILES string of the molecule is CNC(=O)Oc1cccc(NC(=O)OCCCCl)c1. The fraction of sp³-hybridized carbons (Fsp3) is 0.333. The predicted octanol–water partition coefficient (Wildman–Crippen LogP) is 2.58. The van der Waals surface area contributed by atoms with Gasteiger partial charge >= 0.3 is 12.2 Å². The van der Waals surface area contributed by atoms with Crippen LogP contribution in [0, 0.1) is 0 Å². The molecule has 0 aliphatic rings. The van der Waals surface area contributed by atoms with Crippen molar-refractivity contribution in [2.24, 2.45) is 0 Å². The van der Waals surface area contributed by atoms with Crippen LogP contribution in [-0.2, 0) is 4.74 Å². The van der Waals surface area contributed by atoms with Gasteiger partial charge < -0.3 is 14.8 Å². The zero-order valence-electron chi connectivity index (χ0n) is 10.4. The lowest BCUT2D eigenvalue weighted by Gasteiger charge is -2.08. The molecule has 0 saturated carbocycles. The van der Waals surface area contributed by atoms with Crippen LogP contribution in [0.1, 0.15) is 6.42 Å². The molecule has 1 aromatic carbocycles. The molecule has 0 aliphatic carbocycles. The molecule has 104 valence electrons. The van der Waals surface area contributed by atoms with E-state index >= 15 is 0 Å². The van der Waals surface area contributed by atoms with E-state index in [9.17, 15) is 9.59 Å². The van der Waals surface area contributed by atoms with Gasteiger partial charge in [0.2, 0.25) is 0 Å².